The highest BCUT2D eigenvalue weighted by Crippen LogP contribution is 2.12. The molecule has 0 radical (unpaired) electrons. The lowest BCUT2D eigenvalue weighted by Gasteiger charge is -2.03. The third-order valence-electron chi connectivity index (χ3n) is 4.64. The number of carboxylic acid groups (broad SMARTS) is 1. The van der Waals surface area contributed by atoms with Crippen molar-refractivity contribution in [3.8, 4) is 0 Å². The molecule has 0 aliphatic rings. The van der Waals surface area contributed by atoms with Gasteiger partial charge in [-0.1, -0.05) is 96.1 Å². The zero-order valence-electron chi connectivity index (χ0n) is 17.2. The van der Waals surface area contributed by atoms with Crippen molar-refractivity contribution in [1.29, 1.82) is 0 Å². The summed E-state index contributed by atoms with van der Waals surface area (Å²) in [4.78, 5) is 10.3. The van der Waals surface area contributed by atoms with Gasteiger partial charge < -0.3 is 16.1 Å². The van der Waals surface area contributed by atoms with E-state index in [0.29, 0.717) is 0 Å². The summed E-state index contributed by atoms with van der Waals surface area (Å²) >= 11 is 0. The Balaban J connectivity index is 0. The van der Waals surface area contributed by atoms with Gasteiger partial charge in [-0.15, -0.1) is 0 Å². The number of allylic oxidation sites excluding steroid dienone is 2. The van der Waals surface area contributed by atoms with Crippen LogP contribution in [0.1, 0.15) is 122 Å². The molecule has 0 rings (SSSR count). The van der Waals surface area contributed by atoms with Gasteiger partial charge in [0.2, 0.25) is 0 Å². The Morgan fingerprint density at radius 3 is 1.40 bits per heavy atom. The summed E-state index contributed by atoms with van der Waals surface area (Å²) < 4.78 is 0. The molecule has 0 fully saturated rings. The molecule has 0 spiro atoms. The molecule has 0 atom stereocenters. The lowest BCUT2D eigenvalue weighted by atomic mass is 10.1. The van der Waals surface area contributed by atoms with Gasteiger partial charge in [-0.2, -0.15) is 0 Å². The molecule has 0 saturated carbocycles. The number of carbonyl (C=O) groups is 1. The van der Waals surface area contributed by atoms with Gasteiger partial charge in [0.05, 0.1) is 0 Å². The first-order valence-corrected chi connectivity index (χ1v) is 10.6. The first-order valence-electron chi connectivity index (χ1n) is 10.6. The topological polar surface area (TPSA) is 76.6 Å². The molecule has 0 aromatic rings. The molecule has 0 aromatic carbocycles. The fourth-order valence-electron chi connectivity index (χ4n) is 3.05. The average Bonchev–Trinajstić information content (AvgIpc) is 2.56. The minimum Gasteiger partial charge on any atom is -0.550 e. The predicted molar refractivity (Wildman–Crippen MR) is 109 cm³/mol. The van der Waals surface area contributed by atoms with Crippen LogP contribution in [0.2, 0.25) is 0 Å². The third-order valence-corrected chi connectivity index (χ3v) is 4.64. The molecule has 0 saturated heterocycles. The first-order chi connectivity index (χ1) is 11.8. The van der Waals surface area contributed by atoms with Crippen LogP contribution >= 0.6 is 0 Å². The molecule has 4 N–H and O–H groups in total. The van der Waals surface area contributed by atoms with Crippen LogP contribution < -0.4 is 11.3 Å². The number of aliphatic carboxylic acids is 1. The Labute approximate surface area is 157 Å². The molecule has 150 valence electrons. The number of carboxylic acids is 1. The van der Waals surface area contributed by atoms with E-state index in [4.69, 9.17) is 0 Å². The quantitative estimate of drug-likeness (QED) is 0.206. The van der Waals surface area contributed by atoms with Gasteiger partial charge in [-0.3, -0.25) is 0 Å². The van der Waals surface area contributed by atoms with E-state index in [1.807, 2.05) is 0 Å². The summed E-state index contributed by atoms with van der Waals surface area (Å²) in [7, 11) is 0. The highest BCUT2D eigenvalue weighted by molar-refractivity contribution is 5.63. The van der Waals surface area contributed by atoms with Crippen LogP contribution in [0.25, 0.3) is 0 Å². The van der Waals surface area contributed by atoms with Crippen LogP contribution in [-0.4, -0.2) is 5.97 Å². The van der Waals surface area contributed by atoms with Crippen LogP contribution in [0.15, 0.2) is 12.2 Å². The van der Waals surface area contributed by atoms with Crippen molar-refractivity contribution in [2.24, 2.45) is 0 Å². The van der Waals surface area contributed by atoms with Crippen molar-refractivity contribution < 1.29 is 9.90 Å². The maximum atomic E-state index is 10.3. The minimum atomic E-state index is -0.906. The van der Waals surface area contributed by atoms with Crippen LogP contribution in [0.4, 0.5) is 0 Å². The van der Waals surface area contributed by atoms with E-state index < -0.39 is 5.97 Å². The number of quaternary nitrogens is 1. The Bertz CT molecular complexity index is 290. The van der Waals surface area contributed by atoms with E-state index in [0.717, 1.165) is 12.8 Å². The SMILES string of the molecule is CCCCCCCC/C=C/CCCCCCCCCCCC(=O)[O-].[NH4+]. The Morgan fingerprint density at radius 2 is 1.00 bits per heavy atom. The highest BCUT2D eigenvalue weighted by Gasteiger charge is 1.93. The fourth-order valence-corrected chi connectivity index (χ4v) is 3.05. The normalized spacial score (nSPS) is 10.9. The van der Waals surface area contributed by atoms with E-state index in [1.54, 1.807) is 0 Å². The number of rotatable bonds is 19. The van der Waals surface area contributed by atoms with E-state index in [2.05, 4.69) is 19.1 Å². The molecule has 0 amide bonds. The highest BCUT2D eigenvalue weighted by atomic mass is 16.4. The maximum absolute atomic E-state index is 10.3. The van der Waals surface area contributed by atoms with Gasteiger partial charge in [0.1, 0.15) is 0 Å². The van der Waals surface area contributed by atoms with E-state index in [1.165, 1.54) is 96.3 Å². The third kappa shape index (κ3) is 25.5. The van der Waals surface area contributed by atoms with Crippen molar-refractivity contribution >= 4 is 5.97 Å². The number of hydrogen-bond donors (Lipinski definition) is 1. The maximum Gasteiger partial charge on any atom is 0.0414 e. The summed E-state index contributed by atoms with van der Waals surface area (Å²) in [5, 5.41) is 10.3. The summed E-state index contributed by atoms with van der Waals surface area (Å²) in [6.45, 7) is 2.27. The van der Waals surface area contributed by atoms with Crippen molar-refractivity contribution in [2.45, 2.75) is 122 Å². The van der Waals surface area contributed by atoms with Gasteiger partial charge in [0, 0.05) is 5.97 Å². The monoisotopic (exact) mass is 355 g/mol. The fraction of sp³-hybridized carbons (Fsp3) is 0.864. The molecule has 0 heterocycles. The largest absolute Gasteiger partial charge is 0.550 e. The van der Waals surface area contributed by atoms with Crippen LogP contribution in [-0.2, 0) is 4.79 Å². The Morgan fingerprint density at radius 1 is 0.640 bits per heavy atom. The minimum absolute atomic E-state index is 0. The van der Waals surface area contributed by atoms with Gasteiger partial charge >= 0.3 is 0 Å². The van der Waals surface area contributed by atoms with Crippen molar-refractivity contribution in [3.05, 3.63) is 12.2 Å². The molecule has 25 heavy (non-hydrogen) atoms. The smallest absolute Gasteiger partial charge is 0.0414 e. The second-order valence-corrected chi connectivity index (χ2v) is 7.12. The summed E-state index contributed by atoms with van der Waals surface area (Å²) in [6.07, 6.45) is 26.8. The zero-order valence-corrected chi connectivity index (χ0v) is 17.2. The molecule has 0 unspecified atom stereocenters. The first kappa shape index (κ1) is 26.4. The zero-order chi connectivity index (χ0) is 17.7. The van der Waals surface area contributed by atoms with Gasteiger partial charge in [0.25, 0.3) is 0 Å². The van der Waals surface area contributed by atoms with E-state index in [9.17, 15) is 9.90 Å². The molecular formula is C22H45NO2. The number of unbranched alkanes of at least 4 members (excludes halogenated alkanes) is 15. The molecule has 0 aliphatic carbocycles. The van der Waals surface area contributed by atoms with Crippen LogP contribution in [0.3, 0.4) is 0 Å². The number of hydrogen-bond acceptors (Lipinski definition) is 2. The van der Waals surface area contributed by atoms with E-state index >= 15 is 0 Å². The lowest BCUT2D eigenvalue weighted by molar-refractivity contribution is -0.305. The van der Waals surface area contributed by atoms with Crippen molar-refractivity contribution in [1.82, 2.24) is 6.15 Å². The van der Waals surface area contributed by atoms with E-state index in [-0.39, 0.29) is 12.6 Å². The molecule has 0 aromatic heterocycles. The molecule has 3 nitrogen and oxygen atoms in total. The molecule has 3 heteroatoms. The van der Waals surface area contributed by atoms with Crippen LogP contribution in [0, 0.1) is 0 Å². The lowest BCUT2D eigenvalue weighted by Crippen LogP contribution is -2.21. The Hall–Kier alpha value is -0.830. The molecular weight excluding hydrogens is 310 g/mol. The van der Waals surface area contributed by atoms with Gasteiger partial charge in [-0.05, 0) is 38.5 Å². The average molecular weight is 356 g/mol. The van der Waals surface area contributed by atoms with Gasteiger partial charge in [0.15, 0.2) is 0 Å². The Kier molecular flexibility index (Phi) is 24.5. The summed E-state index contributed by atoms with van der Waals surface area (Å²) in [5.41, 5.74) is 0. The predicted octanol–water partition coefficient (Wildman–Crippen LogP) is 6.71. The second-order valence-electron chi connectivity index (χ2n) is 7.12. The van der Waals surface area contributed by atoms with Crippen molar-refractivity contribution in [2.75, 3.05) is 0 Å². The van der Waals surface area contributed by atoms with Gasteiger partial charge in [-0.25, -0.2) is 0 Å². The summed E-state index contributed by atoms with van der Waals surface area (Å²) in [5.74, 6) is -0.906. The second kappa shape index (κ2) is 23.2. The number of carbonyl (C=O) groups excluding carboxylic acids is 1. The summed E-state index contributed by atoms with van der Waals surface area (Å²) in [6, 6.07) is 0. The van der Waals surface area contributed by atoms with Crippen molar-refractivity contribution in [3.63, 3.8) is 0 Å². The van der Waals surface area contributed by atoms with Crippen LogP contribution in [0.5, 0.6) is 0 Å². The standard InChI is InChI=1S/C22H42O2.H3N/c1-2-3-4-5-6-7-8-9-10-11-12-13-14-15-16-17-18-19-20-21-22(23)24;/h9-10H,2-8,11-21H2,1H3,(H,23,24);1H3/b10-9+;. The molecule has 0 bridgehead atoms. The molecule has 0 aliphatic heterocycles.